The highest BCUT2D eigenvalue weighted by Crippen LogP contribution is 2.12. The number of nitrogens with zero attached hydrogens (tertiary/aromatic N) is 4. The molecule has 0 saturated heterocycles. The minimum absolute atomic E-state index is 0.0663. The summed E-state index contributed by atoms with van der Waals surface area (Å²) in [5.74, 6) is -0.231. The Labute approximate surface area is 175 Å². The number of aryl methyl sites for hydroxylation is 1. The van der Waals surface area contributed by atoms with Crippen LogP contribution in [0.1, 0.15) is 28.4 Å². The number of likely N-dealkylation sites (N-methyl/N-ethyl adjacent to an activating group) is 1. The number of aromatic nitrogens is 2. The lowest BCUT2D eigenvalue weighted by atomic mass is 10.1. The number of hydrogen-bond donors (Lipinski definition) is 0. The number of carbonyl (C=O) groups excluding carboxylic acids is 2. The minimum atomic E-state index is -0.223. The third kappa shape index (κ3) is 4.40. The molecule has 0 aliphatic rings. The second kappa shape index (κ2) is 8.90. The lowest BCUT2D eigenvalue weighted by Crippen LogP contribution is -2.36. The molecule has 0 radical (unpaired) electrons. The normalized spacial score (nSPS) is 10.8. The molecule has 0 unspecified atom stereocenters. The summed E-state index contributed by atoms with van der Waals surface area (Å²) < 4.78 is 1.35. The predicted octanol–water partition coefficient (Wildman–Crippen LogP) is 2.46. The Morgan fingerprint density at radius 1 is 1.07 bits per heavy atom. The van der Waals surface area contributed by atoms with Crippen molar-refractivity contribution < 1.29 is 9.59 Å². The molecular formula is C23H26N4O3. The quantitative estimate of drug-likeness (QED) is 0.630. The van der Waals surface area contributed by atoms with E-state index in [1.807, 2.05) is 38.1 Å². The van der Waals surface area contributed by atoms with Gasteiger partial charge in [-0.1, -0.05) is 24.3 Å². The molecule has 0 fully saturated rings. The first-order chi connectivity index (χ1) is 14.3. The van der Waals surface area contributed by atoms with E-state index in [9.17, 15) is 14.4 Å². The van der Waals surface area contributed by atoms with Gasteiger partial charge in [-0.2, -0.15) is 0 Å². The van der Waals surface area contributed by atoms with E-state index in [-0.39, 0.29) is 23.9 Å². The number of rotatable bonds is 6. The molecule has 0 aliphatic heterocycles. The van der Waals surface area contributed by atoms with Crippen LogP contribution in [-0.2, 0) is 17.9 Å². The summed E-state index contributed by atoms with van der Waals surface area (Å²) in [6.45, 7) is 4.64. The van der Waals surface area contributed by atoms with Crippen molar-refractivity contribution in [2.45, 2.75) is 26.9 Å². The summed E-state index contributed by atoms with van der Waals surface area (Å²) in [6, 6.07) is 12.7. The van der Waals surface area contributed by atoms with Crippen LogP contribution in [0.25, 0.3) is 10.9 Å². The molecular weight excluding hydrogens is 380 g/mol. The molecule has 3 rings (SSSR count). The predicted molar refractivity (Wildman–Crippen MR) is 116 cm³/mol. The zero-order chi connectivity index (χ0) is 21.8. The highest BCUT2D eigenvalue weighted by Gasteiger charge is 2.16. The molecule has 3 aromatic rings. The Balaban J connectivity index is 1.75. The van der Waals surface area contributed by atoms with Gasteiger partial charge in [-0.15, -0.1) is 0 Å². The average Bonchev–Trinajstić information content (AvgIpc) is 2.74. The lowest BCUT2D eigenvalue weighted by Gasteiger charge is -2.22. The SMILES string of the molecule is CCN(Cc1ccc(C(=O)N(C)C)cc1)C(=O)Cn1cnc2c(C)cccc2c1=O. The van der Waals surface area contributed by atoms with Crippen molar-refractivity contribution in [3.63, 3.8) is 0 Å². The van der Waals surface area contributed by atoms with Crippen molar-refractivity contribution in [3.05, 3.63) is 75.8 Å². The zero-order valence-electron chi connectivity index (χ0n) is 17.8. The van der Waals surface area contributed by atoms with Gasteiger partial charge in [0.1, 0.15) is 6.54 Å². The molecule has 7 heteroatoms. The maximum Gasteiger partial charge on any atom is 0.261 e. The van der Waals surface area contributed by atoms with Gasteiger partial charge < -0.3 is 9.80 Å². The largest absolute Gasteiger partial charge is 0.345 e. The fourth-order valence-corrected chi connectivity index (χ4v) is 3.30. The van der Waals surface area contributed by atoms with Gasteiger partial charge in [-0.05, 0) is 43.2 Å². The van der Waals surface area contributed by atoms with Crippen LogP contribution in [0.2, 0.25) is 0 Å². The van der Waals surface area contributed by atoms with E-state index >= 15 is 0 Å². The highest BCUT2D eigenvalue weighted by molar-refractivity contribution is 5.93. The Kier molecular flexibility index (Phi) is 6.30. The standard InChI is InChI=1S/C23H26N4O3/c1-5-26(13-17-9-11-18(12-10-17)22(29)25(3)4)20(28)14-27-15-24-21-16(2)7-6-8-19(21)23(27)30/h6-12,15H,5,13-14H2,1-4H3. The fourth-order valence-electron chi connectivity index (χ4n) is 3.30. The molecule has 30 heavy (non-hydrogen) atoms. The van der Waals surface area contributed by atoms with Gasteiger partial charge in [-0.25, -0.2) is 4.98 Å². The van der Waals surface area contributed by atoms with Crippen LogP contribution in [0, 0.1) is 6.92 Å². The number of carbonyl (C=O) groups is 2. The summed E-state index contributed by atoms with van der Waals surface area (Å²) in [5.41, 5.74) is 2.88. The topological polar surface area (TPSA) is 75.5 Å². The van der Waals surface area contributed by atoms with Gasteiger partial charge in [0, 0.05) is 32.7 Å². The summed E-state index contributed by atoms with van der Waals surface area (Å²) in [7, 11) is 3.41. The van der Waals surface area contributed by atoms with Crippen LogP contribution in [0.3, 0.4) is 0 Å². The number of benzene rings is 2. The van der Waals surface area contributed by atoms with Crippen LogP contribution in [0.15, 0.2) is 53.6 Å². The monoisotopic (exact) mass is 406 g/mol. The third-order valence-corrected chi connectivity index (χ3v) is 5.08. The van der Waals surface area contributed by atoms with Crippen LogP contribution in [0.4, 0.5) is 0 Å². The van der Waals surface area contributed by atoms with E-state index in [1.165, 1.54) is 15.8 Å². The third-order valence-electron chi connectivity index (χ3n) is 5.08. The molecule has 1 aromatic heterocycles. The zero-order valence-corrected chi connectivity index (χ0v) is 17.8. The molecule has 0 bridgehead atoms. The molecule has 0 N–H and O–H groups in total. The molecule has 0 spiro atoms. The van der Waals surface area contributed by atoms with Gasteiger partial charge in [0.2, 0.25) is 5.91 Å². The fraction of sp³-hybridized carbons (Fsp3) is 0.304. The Bertz CT molecular complexity index is 1130. The van der Waals surface area contributed by atoms with Crippen LogP contribution in [0.5, 0.6) is 0 Å². The number of hydrogen-bond acceptors (Lipinski definition) is 4. The summed E-state index contributed by atoms with van der Waals surface area (Å²) in [6.07, 6.45) is 1.44. The van der Waals surface area contributed by atoms with Crippen molar-refractivity contribution >= 4 is 22.7 Å². The van der Waals surface area contributed by atoms with E-state index in [2.05, 4.69) is 4.98 Å². The van der Waals surface area contributed by atoms with Crippen LogP contribution in [-0.4, -0.2) is 51.8 Å². The Morgan fingerprint density at radius 2 is 1.77 bits per heavy atom. The highest BCUT2D eigenvalue weighted by atomic mass is 16.2. The summed E-state index contributed by atoms with van der Waals surface area (Å²) >= 11 is 0. The molecule has 2 amide bonds. The van der Waals surface area contributed by atoms with Crippen LogP contribution >= 0.6 is 0 Å². The van der Waals surface area contributed by atoms with E-state index in [4.69, 9.17) is 0 Å². The average molecular weight is 406 g/mol. The molecule has 156 valence electrons. The molecule has 0 saturated carbocycles. The van der Waals surface area contributed by atoms with Gasteiger partial charge in [0.15, 0.2) is 0 Å². The van der Waals surface area contributed by atoms with E-state index in [0.29, 0.717) is 29.6 Å². The van der Waals surface area contributed by atoms with Crippen molar-refractivity contribution in [2.75, 3.05) is 20.6 Å². The first-order valence-electron chi connectivity index (χ1n) is 9.85. The molecule has 2 aromatic carbocycles. The first kappa shape index (κ1) is 21.2. The van der Waals surface area contributed by atoms with Crippen LogP contribution < -0.4 is 5.56 Å². The van der Waals surface area contributed by atoms with E-state index < -0.39 is 0 Å². The second-order valence-electron chi connectivity index (χ2n) is 7.45. The lowest BCUT2D eigenvalue weighted by molar-refractivity contribution is -0.132. The smallest absolute Gasteiger partial charge is 0.261 e. The minimum Gasteiger partial charge on any atom is -0.345 e. The maximum absolute atomic E-state index is 12.8. The van der Waals surface area contributed by atoms with Crippen molar-refractivity contribution in [1.82, 2.24) is 19.4 Å². The van der Waals surface area contributed by atoms with Gasteiger partial charge in [0.25, 0.3) is 11.5 Å². The summed E-state index contributed by atoms with van der Waals surface area (Å²) in [5, 5.41) is 0.509. The molecule has 0 aliphatic carbocycles. The number of fused-ring (bicyclic) bond motifs is 1. The van der Waals surface area contributed by atoms with Crippen molar-refractivity contribution in [2.24, 2.45) is 0 Å². The van der Waals surface area contributed by atoms with Gasteiger partial charge in [0.05, 0.1) is 17.2 Å². The number of para-hydroxylation sites is 1. The summed E-state index contributed by atoms with van der Waals surface area (Å²) in [4.78, 5) is 45.2. The Hall–Kier alpha value is -3.48. The molecule has 0 atom stereocenters. The van der Waals surface area contributed by atoms with Gasteiger partial charge in [-0.3, -0.25) is 19.0 Å². The molecule has 1 heterocycles. The van der Waals surface area contributed by atoms with Crippen molar-refractivity contribution in [1.29, 1.82) is 0 Å². The van der Waals surface area contributed by atoms with Crippen molar-refractivity contribution in [3.8, 4) is 0 Å². The maximum atomic E-state index is 12.8. The van der Waals surface area contributed by atoms with E-state index in [0.717, 1.165) is 11.1 Å². The number of amides is 2. The van der Waals surface area contributed by atoms with Gasteiger partial charge >= 0.3 is 0 Å². The molecule has 7 nitrogen and oxygen atoms in total. The first-order valence-corrected chi connectivity index (χ1v) is 9.85. The van der Waals surface area contributed by atoms with E-state index in [1.54, 1.807) is 37.2 Å². The Morgan fingerprint density at radius 3 is 2.40 bits per heavy atom. The second-order valence-corrected chi connectivity index (χ2v) is 7.45.